The van der Waals surface area contributed by atoms with E-state index < -0.39 is 0 Å². The first-order valence-electron chi connectivity index (χ1n) is 5.70. The topological polar surface area (TPSA) is 52.0 Å². The monoisotopic (exact) mass is 250 g/mol. The van der Waals surface area contributed by atoms with Crippen molar-refractivity contribution in [3.05, 3.63) is 35.9 Å². The molecular weight excluding hydrogens is 235 g/mol. The van der Waals surface area contributed by atoms with Gasteiger partial charge < -0.3 is 10.1 Å². The second-order valence-corrected chi connectivity index (χ2v) is 3.73. The highest BCUT2D eigenvalue weighted by molar-refractivity contribution is 5.40. The molecule has 5 nitrogen and oxygen atoms in total. The maximum Gasteiger partial charge on any atom is 0.149 e. The lowest BCUT2D eigenvalue weighted by Gasteiger charge is -2.09. The summed E-state index contributed by atoms with van der Waals surface area (Å²) in [6, 6.07) is 4.52. The van der Waals surface area contributed by atoms with Gasteiger partial charge in [-0.25, -0.2) is 9.07 Å². The van der Waals surface area contributed by atoms with Crippen LogP contribution in [0.2, 0.25) is 0 Å². The van der Waals surface area contributed by atoms with E-state index in [4.69, 9.17) is 4.74 Å². The van der Waals surface area contributed by atoms with Gasteiger partial charge in [-0.2, -0.15) is 0 Å². The molecule has 0 saturated heterocycles. The van der Waals surface area contributed by atoms with E-state index >= 15 is 0 Å². The van der Waals surface area contributed by atoms with Crippen molar-refractivity contribution in [2.45, 2.75) is 13.5 Å². The SMILES string of the molecule is CCNCc1cnnn1-c1cc(OC)ccc1F. The highest BCUT2D eigenvalue weighted by Gasteiger charge is 2.11. The van der Waals surface area contributed by atoms with Crippen LogP contribution >= 0.6 is 0 Å². The molecule has 18 heavy (non-hydrogen) atoms. The molecule has 0 spiro atoms. The molecule has 0 amide bonds. The quantitative estimate of drug-likeness (QED) is 0.874. The van der Waals surface area contributed by atoms with Crippen molar-refractivity contribution in [1.29, 1.82) is 0 Å². The van der Waals surface area contributed by atoms with Gasteiger partial charge in [-0.15, -0.1) is 5.10 Å². The summed E-state index contributed by atoms with van der Waals surface area (Å²) in [6.07, 6.45) is 1.61. The average Bonchev–Trinajstić information content (AvgIpc) is 2.85. The lowest BCUT2D eigenvalue weighted by Crippen LogP contribution is -2.15. The summed E-state index contributed by atoms with van der Waals surface area (Å²) in [6.45, 7) is 3.41. The minimum absolute atomic E-state index is 0.333. The number of hydrogen-bond acceptors (Lipinski definition) is 4. The van der Waals surface area contributed by atoms with Crippen LogP contribution in [0.5, 0.6) is 5.75 Å². The maximum absolute atomic E-state index is 13.8. The summed E-state index contributed by atoms with van der Waals surface area (Å²) in [7, 11) is 1.54. The molecule has 1 aromatic carbocycles. The summed E-state index contributed by atoms with van der Waals surface area (Å²) in [5.41, 5.74) is 1.13. The molecule has 6 heteroatoms. The molecule has 1 heterocycles. The van der Waals surface area contributed by atoms with Crippen LogP contribution in [0.15, 0.2) is 24.4 Å². The van der Waals surface area contributed by atoms with Gasteiger partial charge in [-0.1, -0.05) is 12.1 Å². The van der Waals surface area contributed by atoms with E-state index in [1.807, 2.05) is 6.92 Å². The Labute approximate surface area is 105 Å². The number of halogens is 1. The Morgan fingerprint density at radius 2 is 2.28 bits per heavy atom. The lowest BCUT2D eigenvalue weighted by atomic mass is 10.2. The molecule has 96 valence electrons. The molecule has 1 N–H and O–H groups in total. The number of benzene rings is 1. The van der Waals surface area contributed by atoms with E-state index in [9.17, 15) is 4.39 Å². The number of nitrogens with zero attached hydrogens (tertiary/aromatic N) is 3. The van der Waals surface area contributed by atoms with Gasteiger partial charge in [0.1, 0.15) is 17.3 Å². The molecule has 0 atom stereocenters. The first-order chi connectivity index (χ1) is 8.76. The highest BCUT2D eigenvalue weighted by Crippen LogP contribution is 2.20. The van der Waals surface area contributed by atoms with Gasteiger partial charge in [0.15, 0.2) is 0 Å². The molecule has 0 bridgehead atoms. The van der Waals surface area contributed by atoms with Crippen molar-refractivity contribution < 1.29 is 9.13 Å². The van der Waals surface area contributed by atoms with Crippen molar-refractivity contribution >= 4 is 0 Å². The van der Waals surface area contributed by atoms with Crippen molar-refractivity contribution in [2.75, 3.05) is 13.7 Å². The molecule has 0 aliphatic carbocycles. The minimum Gasteiger partial charge on any atom is -0.497 e. The number of rotatable bonds is 5. The molecule has 0 saturated carbocycles. The zero-order chi connectivity index (χ0) is 13.0. The van der Waals surface area contributed by atoms with Crippen molar-refractivity contribution in [3.8, 4) is 11.4 Å². The Balaban J connectivity index is 2.38. The molecule has 0 unspecified atom stereocenters. The van der Waals surface area contributed by atoms with E-state index in [2.05, 4.69) is 15.6 Å². The predicted octanol–water partition coefficient (Wildman–Crippen LogP) is 1.52. The largest absolute Gasteiger partial charge is 0.497 e. The summed E-state index contributed by atoms with van der Waals surface area (Å²) in [4.78, 5) is 0. The minimum atomic E-state index is -0.362. The van der Waals surface area contributed by atoms with Crippen LogP contribution in [0.4, 0.5) is 4.39 Å². The zero-order valence-corrected chi connectivity index (χ0v) is 10.4. The lowest BCUT2D eigenvalue weighted by molar-refractivity contribution is 0.413. The highest BCUT2D eigenvalue weighted by atomic mass is 19.1. The number of aromatic nitrogens is 3. The van der Waals surface area contributed by atoms with Crippen LogP contribution in [0.3, 0.4) is 0 Å². The molecule has 0 radical (unpaired) electrons. The fourth-order valence-electron chi connectivity index (χ4n) is 1.61. The standard InChI is InChI=1S/C12H15FN4O/c1-3-14-7-9-8-15-16-17(9)12-6-10(18-2)4-5-11(12)13/h4-6,8,14H,3,7H2,1-2H3. The predicted molar refractivity (Wildman–Crippen MR) is 65.2 cm³/mol. The van der Waals surface area contributed by atoms with E-state index in [1.54, 1.807) is 18.3 Å². The third kappa shape index (κ3) is 2.48. The second-order valence-electron chi connectivity index (χ2n) is 3.73. The first kappa shape index (κ1) is 12.5. The van der Waals surface area contributed by atoms with Crippen LogP contribution in [-0.2, 0) is 6.54 Å². The fourth-order valence-corrected chi connectivity index (χ4v) is 1.61. The molecule has 2 rings (SSSR count). The Hall–Kier alpha value is -1.95. The third-order valence-electron chi connectivity index (χ3n) is 2.56. The van der Waals surface area contributed by atoms with Crippen LogP contribution in [0.1, 0.15) is 12.6 Å². The molecule has 0 fully saturated rings. The fraction of sp³-hybridized carbons (Fsp3) is 0.333. The van der Waals surface area contributed by atoms with E-state index in [1.165, 1.54) is 17.9 Å². The van der Waals surface area contributed by atoms with Crippen molar-refractivity contribution in [1.82, 2.24) is 20.3 Å². The number of methoxy groups -OCH3 is 1. The van der Waals surface area contributed by atoms with Crippen LogP contribution < -0.4 is 10.1 Å². The Morgan fingerprint density at radius 3 is 3.00 bits per heavy atom. The van der Waals surface area contributed by atoms with Gasteiger partial charge in [-0.3, -0.25) is 0 Å². The molecule has 2 aromatic rings. The van der Waals surface area contributed by atoms with Crippen molar-refractivity contribution in [3.63, 3.8) is 0 Å². The number of nitrogens with one attached hydrogen (secondary N) is 1. The molecule has 0 aliphatic heterocycles. The van der Waals surface area contributed by atoms with Gasteiger partial charge in [0.05, 0.1) is 19.0 Å². The first-order valence-corrected chi connectivity index (χ1v) is 5.70. The smallest absolute Gasteiger partial charge is 0.149 e. The third-order valence-corrected chi connectivity index (χ3v) is 2.56. The number of ether oxygens (including phenoxy) is 1. The summed E-state index contributed by atoms with van der Waals surface area (Å²) < 4.78 is 20.4. The van der Waals surface area contributed by atoms with Crippen LogP contribution in [0, 0.1) is 5.82 Å². The Morgan fingerprint density at radius 1 is 1.44 bits per heavy atom. The summed E-state index contributed by atoms with van der Waals surface area (Å²) in [5.74, 6) is 0.218. The molecule has 0 aliphatic rings. The Kier molecular flexibility index (Phi) is 3.88. The van der Waals surface area contributed by atoms with Gasteiger partial charge in [-0.05, 0) is 18.7 Å². The Bertz CT molecular complexity index is 527. The maximum atomic E-state index is 13.8. The summed E-state index contributed by atoms with van der Waals surface area (Å²) >= 11 is 0. The molecule has 1 aromatic heterocycles. The van der Waals surface area contributed by atoms with Gasteiger partial charge in [0.2, 0.25) is 0 Å². The molecular formula is C12H15FN4O. The number of hydrogen-bond donors (Lipinski definition) is 1. The zero-order valence-electron chi connectivity index (χ0n) is 10.4. The average molecular weight is 250 g/mol. The van der Waals surface area contributed by atoms with E-state index in [0.29, 0.717) is 18.0 Å². The van der Waals surface area contributed by atoms with E-state index in [-0.39, 0.29) is 5.82 Å². The second kappa shape index (κ2) is 5.59. The van der Waals surface area contributed by atoms with Gasteiger partial charge in [0.25, 0.3) is 0 Å². The summed E-state index contributed by atoms with van der Waals surface area (Å²) in [5, 5.41) is 10.9. The van der Waals surface area contributed by atoms with E-state index in [0.717, 1.165) is 12.2 Å². The van der Waals surface area contributed by atoms with Gasteiger partial charge >= 0.3 is 0 Å². The van der Waals surface area contributed by atoms with Crippen LogP contribution in [0.25, 0.3) is 5.69 Å². The van der Waals surface area contributed by atoms with Crippen LogP contribution in [-0.4, -0.2) is 28.6 Å². The van der Waals surface area contributed by atoms with Crippen molar-refractivity contribution in [2.24, 2.45) is 0 Å². The normalized spacial score (nSPS) is 10.6. The van der Waals surface area contributed by atoms with Gasteiger partial charge in [0, 0.05) is 12.6 Å².